The van der Waals surface area contributed by atoms with Gasteiger partial charge in [-0.15, -0.1) is 0 Å². The topological polar surface area (TPSA) is 57.6 Å². The van der Waals surface area contributed by atoms with Gasteiger partial charge in [0, 0.05) is 12.6 Å². The fourth-order valence-electron chi connectivity index (χ4n) is 3.12. The second-order valence-electron chi connectivity index (χ2n) is 5.67. The van der Waals surface area contributed by atoms with Crippen LogP contribution in [-0.4, -0.2) is 28.9 Å². The van der Waals surface area contributed by atoms with Gasteiger partial charge in [0.25, 0.3) is 5.91 Å². The van der Waals surface area contributed by atoms with Crippen LogP contribution in [0.15, 0.2) is 48.5 Å². The molecular weight excluding hydrogens is 278 g/mol. The number of aliphatic carboxylic acids is 1. The lowest BCUT2D eigenvalue weighted by Gasteiger charge is -2.38. The Balaban J connectivity index is 2.18. The number of carboxylic acids is 1. The molecule has 0 spiro atoms. The van der Waals surface area contributed by atoms with Gasteiger partial charge in [-0.25, -0.2) is 0 Å². The second kappa shape index (κ2) is 5.30. The summed E-state index contributed by atoms with van der Waals surface area (Å²) in [7, 11) is 1.67. The standard InChI is InChI=1S/C18H17NO3/c1-11-7-9-12(10-8-11)16-15(18(21)22)13-5-3-4-6-14(13)17(20)19(16)2/h3-10,15-16H,1-2H3,(H,21,22)/t15-,16+/m0/s1. The maximum absolute atomic E-state index is 12.6. The molecule has 0 radical (unpaired) electrons. The van der Waals surface area contributed by atoms with Gasteiger partial charge in [0.15, 0.2) is 0 Å². The molecule has 0 saturated carbocycles. The van der Waals surface area contributed by atoms with Crippen LogP contribution >= 0.6 is 0 Å². The zero-order valence-corrected chi connectivity index (χ0v) is 12.5. The largest absolute Gasteiger partial charge is 0.481 e. The van der Waals surface area contributed by atoms with E-state index in [4.69, 9.17) is 0 Å². The highest BCUT2D eigenvalue weighted by atomic mass is 16.4. The van der Waals surface area contributed by atoms with Crippen molar-refractivity contribution < 1.29 is 14.7 Å². The summed E-state index contributed by atoms with van der Waals surface area (Å²) in [6.45, 7) is 1.98. The number of aryl methyl sites for hydroxylation is 1. The van der Waals surface area contributed by atoms with Crippen molar-refractivity contribution in [1.82, 2.24) is 4.90 Å². The minimum Gasteiger partial charge on any atom is -0.481 e. The molecule has 1 N–H and O–H groups in total. The first-order chi connectivity index (χ1) is 10.5. The Morgan fingerprint density at radius 2 is 1.73 bits per heavy atom. The SMILES string of the molecule is Cc1ccc([C@@H]2[C@@H](C(=O)O)c3ccccc3C(=O)N2C)cc1. The van der Waals surface area contributed by atoms with Crippen LogP contribution in [0.2, 0.25) is 0 Å². The molecule has 4 heteroatoms. The van der Waals surface area contributed by atoms with E-state index in [9.17, 15) is 14.7 Å². The molecular formula is C18H17NO3. The third-order valence-corrected chi connectivity index (χ3v) is 4.26. The van der Waals surface area contributed by atoms with E-state index >= 15 is 0 Å². The molecule has 3 rings (SSSR count). The Kier molecular flexibility index (Phi) is 3.45. The summed E-state index contributed by atoms with van der Waals surface area (Å²) < 4.78 is 0. The Hall–Kier alpha value is -2.62. The van der Waals surface area contributed by atoms with E-state index < -0.39 is 17.9 Å². The summed E-state index contributed by atoms with van der Waals surface area (Å²) in [5.41, 5.74) is 2.99. The van der Waals surface area contributed by atoms with Crippen molar-refractivity contribution in [2.45, 2.75) is 18.9 Å². The summed E-state index contributed by atoms with van der Waals surface area (Å²) in [6, 6.07) is 14.1. The van der Waals surface area contributed by atoms with E-state index in [0.717, 1.165) is 11.1 Å². The number of nitrogens with zero attached hydrogens (tertiary/aromatic N) is 1. The van der Waals surface area contributed by atoms with Crippen molar-refractivity contribution in [1.29, 1.82) is 0 Å². The molecule has 1 aliphatic rings. The zero-order chi connectivity index (χ0) is 15.9. The van der Waals surface area contributed by atoms with Gasteiger partial charge in [0.05, 0.1) is 6.04 Å². The first kappa shape index (κ1) is 14.3. The van der Waals surface area contributed by atoms with Crippen LogP contribution in [0.3, 0.4) is 0 Å². The summed E-state index contributed by atoms with van der Waals surface area (Å²) in [5, 5.41) is 9.74. The summed E-state index contributed by atoms with van der Waals surface area (Å²) in [4.78, 5) is 26.0. The molecule has 0 unspecified atom stereocenters. The molecule has 1 amide bonds. The molecule has 1 aliphatic heterocycles. The molecule has 1 heterocycles. The molecule has 0 aliphatic carbocycles. The van der Waals surface area contributed by atoms with Gasteiger partial charge in [-0.1, -0.05) is 48.0 Å². The third-order valence-electron chi connectivity index (χ3n) is 4.26. The Morgan fingerprint density at radius 3 is 2.36 bits per heavy atom. The van der Waals surface area contributed by atoms with Crippen molar-refractivity contribution >= 4 is 11.9 Å². The van der Waals surface area contributed by atoms with Crippen molar-refractivity contribution in [3.05, 3.63) is 70.8 Å². The van der Waals surface area contributed by atoms with Crippen LogP contribution in [0.5, 0.6) is 0 Å². The van der Waals surface area contributed by atoms with E-state index in [-0.39, 0.29) is 5.91 Å². The number of hydrogen-bond donors (Lipinski definition) is 1. The smallest absolute Gasteiger partial charge is 0.313 e. The van der Waals surface area contributed by atoms with Crippen LogP contribution in [0.25, 0.3) is 0 Å². The highest BCUT2D eigenvalue weighted by molar-refractivity contribution is 6.00. The Labute approximate surface area is 129 Å². The first-order valence-corrected chi connectivity index (χ1v) is 7.16. The van der Waals surface area contributed by atoms with Gasteiger partial charge >= 0.3 is 5.97 Å². The average molecular weight is 295 g/mol. The molecule has 2 atom stereocenters. The summed E-state index contributed by atoms with van der Waals surface area (Å²) in [5.74, 6) is -1.82. The Bertz CT molecular complexity index is 736. The van der Waals surface area contributed by atoms with Gasteiger partial charge < -0.3 is 10.0 Å². The van der Waals surface area contributed by atoms with Gasteiger partial charge in [-0.05, 0) is 24.1 Å². The maximum atomic E-state index is 12.6. The van der Waals surface area contributed by atoms with Gasteiger partial charge in [0.1, 0.15) is 5.92 Å². The molecule has 22 heavy (non-hydrogen) atoms. The number of carbonyl (C=O) groups is 2. The monoisotopic (exact) mass is 295 g/mol. The molecule has 2 aromatic rings. The van der Waals surface area contributed by atoms with Crippen molar-refractivity contribution in [2.75, 3.05) is 7.05 Å². The van der Waals surface area contributed by atoms with E-state index in [1.165, 1.54) is 4.90 Å². The number of hydrogen-bond acceptors (Lipinski definition) is 2. The lowest BCUT2D eigenvalue weighted by atomic mass is 9.80. The van der Waals surface area contributed by atoms with Crippen LogP contribution in [0.4, 0.5) is 0 Å². The zero-order valence-electron chi connectivity index (χ0n) is 12.5. The van der Waals surface area contributed by atoms with Gasteiger partial charge in [0.2, 0.25) is 0 Å². The van der Waals surface area contributed by atoms with Crippen molar-refractivity contribution in [2.24, 2.45) is 0 Å². The molecule has 0 bridgehead atoms. The Morgan fingerprint density at radius 1 is 1.09 bits per heavy atom. The van der Waals surface area contributed by atoms with Crippen LogP contribution in [0, 0.1) is 6.92 Å². The number of carboxylic acid groups (broad SMARTS) is 1. The fourth-order valence-corrected chi connectivity index (χ4v) is 3.12. The van der Waals surface area contributed by atoms with E-state index in [0.29, 0.717) is 11.1 Å². The van der Waals surface area contributed by atoms with Crippen molar-refractivity contribution in [3.63, 3.8) is 0 Å². The maximum Gasteiger partial charge on any atom is 0.313 e. The summed E-state index contributed by atoms with van der Waals surface area (Å²) >= 11 is 0. The number of fused-ring (bicyclic) bond motifs is 1. The first-order valence-electron chi connectivity index (χ1n) is 7.16. The van der Waals surface area contributed by atoms with Crippen LogP contribution in [0.1, 0.15) is 39.0 Å². The lowest BCUT2D eigenvalue weighted by molar-refractivity contribution is -0.140. The van der Waals surface area contributed by atoms with E-state index in [1.807, 2.05) is 31.2 Å². The predicted octanol–water partition coefficient (Wildman–Crippen LogP) is 2.99. The summed E-state index contributed by atoms with van der Waals surface area (Å²) in [6.07, 6.45) is 0. The predicted molar refractivity (Wildman–Crippen MR) is 82.8 cm³/mol. The molecule has 0 aromatic heterocycles. The minimum absolute atomic E-state index is 0.140. The fraction of sp³-hybridized carbons (Fsp3) is 0.222. The lowest BCUT2D eigenvalue weighted by Crippen LogP contribution is -2.42. The highest BCUT2D eigenvalue weighted by Crippen LogP contribution is 2.41. The number of benzene rings is 2. The van der Waals surface area contributed by atoms with Crippen LogP contribution < -0.4 is 0 Å². The van der Waals surface area contributed by atoms with E-state index in [1.54, 1.807) is 31.3 Å². The number of amides is 1. The highest BCUT2D eigenvalue weighted by Gasteiger charge is 2.42. The quantitative estimate of drug-likeness (QED) is 0.926. The number of rotatable bonds is 2. The van der Waals surface area contributed by atoms with Crippen LogP contribution in [-0.2, 0) is 4.79 Å². The second-order valence-corrected chi connectivity index (χ2v) is 5.67. The number of likely N-dealkylation sites (N-methyl/N-ethyl adjacent to an activating group) is 1. The van der Waals surface area contributed by atoms with Gasteiger partial charge in [-0.3, -0.25) is 9.59 Å². The van der Waals surface area contributed by atoms with E-state index in [2.05, 4.69) is 0 Å². The third kappa shape index (κ3) is 2.17. The number of carbonyl (C=O) groups excluding carboxylic acids is 1. The molecule has 4 nitrogen and oxygen atoms in total. The average Bonchev–Trinajstić information content (AvgIpc) is 2.51. The van der Waals surface area contributed by atoms with Gasteiger partial charge in [-0.2, -0.15) is 0 Å². The molecule has 112 valence electrons. The molecule has 0 saturated heterocycles. The molecule has 0 fully saturated rings. The normalized spacial score (nSPS) is 20.6. The van der Waals surface area contributed by atoms with Crippen molar-refractivity contribution in [3.8, 4) is 0 Å². The molecule has 2 aromatic carbocycles. The minimum atomic E-state index is -0.919.